The van der Waals surface area contributed by atoms with Crippen LogP contribution in [0.4, 0.5) is 0 Å². The highest BCUT2D eigenvalue weighted by Gasteiger charge is 2.25. The van der Waals surface area contributed by atoms with Crippen molar-refractivity contribution in [2.45, 2.75) is 18.9 Å². The van der Waals surface area contributed by atoms with Gasteiger partial charge in [-0.3, -0.25) is 9.78 Å². The van der Waals surface area contributed by atoms with Gasteiger partial charge in [0, 0.05) is 25.8 Å². The molecule has 1 saturated heterocycles. The first-order chi connectivity index (χ1) is 8.59. The average molecular weight is 249 g/mol. The van der Waals surface area contributed by atoms with E-state index in [-0.39, 0.29) is 11.7 Å². The van der Waals surface area contributed by atoms with Gasteiger partial charge >= 0.3 is 0 Å². The summed E-state index contributed by atoms with van der Waals surface area (Å²) in [5.41, 5.74) is 0.313. The van der Waals surface area contributed by atoms with Gasteiger partial charge in [0.2, 0.25) is 0 Å². The van der Waals surface area contributed by atoms with Crippen molar-refractivity contribution >= 4 is 5.91 Å². The highest BCUT2D eigenvalue weighted by molar-refractivity contribution is 5.96. The quantitative estimate of drug-likeness (QED) is 0.866. The molecule has 5 heteroatoms. The molecule has 1 aliphatic heterocycles. The van der Waals surface area contributed by atoms with Gasteiger partial charge in [-0.1, -0.05) is 0 Å². The fourth-order valence-corrected chi connectivity index (χ4v) is 2.38. The van der Waals surface area contributed by atoms with Gasteiger partial charge in [0.25, 0.3) is 5.91 Å². The van der Waals surface area contributed by atoms with Crippen LogP contribution in [0.25, 0.3) is 0 Å². The number of likely N-dealkylation sites (N-methyl/N-ethyl adjacent to an activating group) is 2. The smallest absolute Gasteiger partial charge is 0.257 e. The molecule has 0 radical (unpaired) electrons. The van der Waals surface area contributed by atoms with Crippen molar-refractivity contribution < 1.29 is 9.90 Å². The van der Waals surface area contributed by atoms with Gasteiger partial charge in [-0.05, 0) is 32.5 Å². The van der Waals surface area contributed by atoms with Crippen molar-refractivity contribution in [2.24, 2.45) is 0 Å². The summed E-state index contributed by atoms with van der Waals surface area (Å²) in [6.07, 6.45) is 5.12. The second-order valence-corrected chi connectivity index (χ2v) is 4.86. The first-order valence-electron chi connectivity index (χ1n) is 6.18. The van der Waals surface area contributed by atoms with Gasteiger partial charge in [-0.2, -0.15) is 0 Å². The Kier molecular flexibility index (Phi) is 3.81. The summed E-state index contributed by atoms with van der Waals surface area (Å²) < 4.78 is 0. The molecular weight excluding hydrogens is 230 g/mol. The highest BCUT2D eigenvalue weighted by Crippen LogP contribution is 2.19. The molecule has 1 aromatic heterocycles. The molecule has 1 aromatic rings. The third-order valence-electron chi connectivity index (χ3n) is 3.53. The summed E-state index contributed by atoms with van der Waals surface area (Å²) >= 11 is 0. The number of carbonyl (C=O) groups excluding carboxylic acids is 1. The lowest BCUT2D eigenvalue weighted by atomic mass is 10.2. The molecule has 2 heterocycles. The lowest BCUT2D eigenvalue weighted by molar-refractivity contribution is 0.0758. The van der Waals surface area contributed by atoms with Crippen molar-refractivity contribution in [3.05, 3.63) is 24.0 Å². The first kappa shape index (κ1) is 12.8. The number of carbonyl (C=O) groups is 1. The molecule has 5 nitrogen and oxygen atoms in total. The van der Waals surface area contributed by atoms with Crippen LogP contribution in [0.5, 0.6) is 5.75 Å². The van der Waals surface area contributed by atoms with E-state index in [1.54, 1.807) is 18.0 Å². The first-order valence-corrected chi connectivity index (χ1v) is 6.18. The zero-order valence-electron chi connectivity index (χ0n) is 10.8. The number of pyridine rings is 1. The number of hydrogen-bond donors (Lipinski definition) is 1. The van der Waals surface area contributed by atoms with E-state index in [9.17, 15) is 9.90 Å². The van der Waals surface area contributed by atoms with Gasteiger partial charge in [0.15, 0.2) is 0 Å². The number of aromatic nitrogens is 1. The normalized spacial score (nSPS) is 20.0. The molecule has 1 unspecified atom stereocenters. The Morgan fingerprint density at radius 1 is 1.67 bits per heavy atom. The van der Waals surface area contributed by atoms with E-state index < -0.39 is 0 Å². The molecule has 0 aromatic carbocycles. The van der Waals surface area contributed by atoms with Crippen LogP contribution in [0.2, 0.25) is 0 Å². The second kappa shape index (κ2) is 5.35. The van der Waals surface area contributed by atoms with Crippen LogP contribution in [0.1, 0.15) is 23.2 Å². The van der Waals surface area contributed by atoms with Crippen LogP contribution < -0.4 is 0 Å². The molecule has 0 aliphatic carbocycles. The van der Waals surface area contributed by atoms with Crippen molar-refractivity contribution in [1.82, 2.24) is 14.8 Å². The summed E-state index contributed by atoms with van der Waals surface area (Å²) in [5, 5.41) is 9.62. The number of amides is 1. The third kappa shape index (κ3) is 2.61. The van der Waals surface area contributed by atoms with Gasteiger partial charge in [-0.15, -0.1) is 0 Å². The molecule has 2 rings (SSSR count). The van der Waals surface area contributed by atoms with Crippen molar-refractivity contribution in [2.75, 3.05) is 27.2 Å². The van der Waals surface area contributed by atoms with Crippen LogP contribution >= 0.6 is 0 Å². The molecule has 1 atom stereocenters. The molecule has 18 heavy (non-hydrogen) atoms. The fourth-order valence-electron chi connectivity index (χ4n) is 2.38. The molecule has 0 saturated carbocycles. The minimum Gasteiger partial charge on any atom is -0.505 e. The fraction of sp³-hybridized carbons (Fsp3) is 0.538. The van der Waals surface area contributed by atoms with Gasteiger partial charge in [-0.25, -0.2) is 0 Å². The molecule has 1 fully saturated rings. The van der Waals surface area contributed by atoms with Gasteiger partial charge in [0.1, 0.15) is 5.75 Å². The maximum absolute atomic E-state index is 12.2. The van der Waals surface area contributed by atoms with E-state index in [4.69, 9.17) is 0 Å². The topological polar surface area (TPSA) is 56.7 Å². The Morgan fingerprint density at radius 2 is 2.44 bits per heavy atom. The predicted octanol–water partition coefficient (Wildman–Crippen LogP) is 0.953. The maximum atomic E-state index is 12.2. The van der Waals surface area contributed by atoms with Gasteiger partial charge < -0.3 is 14.9 Å². The number of likely N-dealkylation sites (tertiary alicyclic amines) is 1. The van der Waals surface area contributed by atoms with E-state index in [1.165, 1.54) is 18.8 Å². The summed E-state index contributed by atoms with van der Waals surface area (Å²) in [4.78, 5) is 19.9. The van der Waals surface area contributed by atoms with Crippen molar-refractivity contribution in [3.63, 3.8) is 0 Å². The van der Waals surface area contributed by atoms with E-state index in [0.29, 0.717) is 18.2 Å². The van der Waals surface area contributed by atoms with E-state index in [2.05, 4.69) is 16.9 Å². The van der Waals surface area contributed by atoms with Crippen molar-refractivity contribution in [1.29, 1.82) is 0 Å². The minimum atomic E-state index is -0.157. The van der Waals surface area contributed by atoms with Crippen molar-refractivity contribution in [3.8, 4) is 5.75 Å². The summed E-state index contributed by atoms with van der Waals surface area (Å²) in [6.45, 7) is 1.78. The zero-order valence-corrected chi connectivity index (χ0v) is 10.8. The Hall–Kier alpha value is -1.62. The average Bonchev–Trinajstić information content (AvgIpc) is 2.75. The highest BCUT2D eigenvalue weighted by atomic mass is 16.3. The number of aromatic hydroxyl groups is 1. The Morgan fingerprint density at radius 3 is 3.06 bits per heavy atom. The molecule has 1 aliphatic rings. The Bertz CT molecular complexity index is 436. The van der Waals surface area contributed by atoms with E-state index in [1.807, 2.05) is 0 Å². The minimum absolute atomic E-state index is 0.0610. The summed E-state index contributed by atoms with van der Waals surface area (Å²) in [7, 11) is 3.86. The lowest BCUT2D eigenvalue weighted by Gasteiger charge is -2.26. The Labute approximate surface area is 107 Å². The van der Waals surface area contributed by atoms with Gasteiger partial charge in [0.05, 0.1) is 11.8 Å². The number of nitrogens with zero attached hydrogens (tertiary/aromatic N) is 3. The van der Waals surface area contributed by atoms with Crippen LogP contribution in [0.3, 0.4) is 0 Å². The maximum Gasteiger partial charge on any atom is 0.257 e. The molecule has 98 valence electrons. The van der Waals surface area contributed by atoms with Crippen LogP contribution in [0, 0.1) is 0 Å². The molecule has 1 N–H and O–H groups in total. The SMILES string of the molecule is CN(CC1CCCN1C)C(=O)c1ccncc1O. The molecule has 0 bridgehead atoms. The molecule has 0 spiro atoms. The standard InChI is InChI=1S/C13H19N3O2/c1-15-7-3-4-10(15)9-16(2)13(18)11-5-6-14-8-12(11)17/h5-6,8,10,17H,3-4,7,9H2,1-2H3. The third-order valence-corrected chi connectivity index (χ3v) is 3.53. The zero-order chi connectivity index (χ0) is 13.1. The number of hydrogen-bond acceptors (Lipinski definition) is 4. The predicted molar refractivity (Wildman–Crippen MR) is 68.5 cm³/mol. The summed E-state index contributed by atoms with van der Waals surface area (Å²) in [6, 6.07) is 1.97. The molecule has 1 amide bonds. The van der Waals surface area contributed by atoms with E-state index >= 15 is 0 Å². The van der Waals surface area contributed by atoms with Crippen LogP contribution in [-0.4, -0.2) is 59.0 Å². The second-order valence-electron chi connectivity index (χ2n) is 4.86. The lowest BCUT2D eigenvalue weighted by Crippen LogP contribution is -2.39. The molecular formula is C13H19N3O2. The van der Waals surface area contributed by atoms with Crippen LogP contribution in [-0.2, 0) is 0 Å². The summed E-state index contributed by atoms with van der Waals surface area (Å²) in [5.74, 6) is -0.218. The largest absolute Gasteiger partial charge is 0.505 e. The Balaban J connectivity index is 2.03. The monoisotopic (exact) mass is 249 g/mol. The number of rotatable bonds is 3. The van der Waals surface area contributed by atoms with Crippen LogP contribution in [0.15, 0.2) is 18.5 Å². The van der Waals surface area contributed by atoms with E-state index in [0.717, 1.165) is 13.0 Å².